The predicted molar refractivity (Wildman–Crippen MR) is 162 cm³/mol. The van der Waals surface area contributed by atoms with Crippen LogP contribution in [-0.2, 0) is 19.1 Å². The average molecular weight is 590 g/mol. The van der Waals surface area contributed by atoms with Gasteiger partial charge in [0.25, 0.3) is 0 Å². The maximum atomic E-state index is 14.2. The van der Waals surface area contributed by atoms with Crippen molar-refractivity contribution in [1.29, 1.82) is 0 Å². The van der Waals surface area contributed by atoms with E-state index in [4.69, 9.17) is 4.74 Å². The quantitative estimate of drug-likeness (QED) is 0.435. The number of amides is 3. The highest BCUT2D eigenvalue weighted by Gasteiger charge is 2.42. The number of ether oxygens (including phenoxy) is 1. The first-order valence-electron chi connectivity index (χ1n) is 15.6. The smallest absolute Gasteiger partial charge is 0.410 e. The lowest BCUT2D eigenvalue weighted by molar-refractivity contribution is -0.152. The summed E-state index contributed by atoms with van der Waals surface area (Å²) in [5.74, 6) is -2.12. The van der Waals surface area contributed by atoms with Crippen LogP contribution in [0.3, 0.4) is 0 Å². The van der Waals surface area contributed by atoms with Gasteiger partial charge in [-0.1, -0.05) is 67.8 Å². The van der Waals surface area contributed by atoms with Crippen molar-refractivity contribution in [3.63, 3.8) is 0 Å². The van der Waals surface area contributed by atoms with Crippen LogP contribution in [-0.4, -0.2) is 89.6 Å². The Balaban J connectivity index is 1.35. The summed E-state index contributed by atoms with van der Waals surface area (Å²) in [6.45, 7) is 1.25. The van der Waals surface area contributed by atoms with Gasteiger partial charge in [-0.2, -0.15) is 0 Å². The van der Waals surface area contributed by atoms with Crippen LogP contribution < -0.4 is 0 Å². The molecule has 2 aromatic carbocycles. The molecule has 2 aliphatic carbocycles. The molecule has 5 rings (SSSR count). The highest BCUT2D eigenvalue weighted by Crippen LogP contribution is 2.44. The van der Waals surface area contributed by atoms with Gasteiger partial charge in [-0.3, -0.25) is 19.3 Å². The van der Waals surface area contributed by atoms with Gasteiger partial charge in [0.05, 0.1) is 6.42 Å². The molecule has 0 aromatic heterocycles. The van der Waals surface area contributed by atoms with Crippen LogP contribution in [0.2, 0.25) is 0 Å². The number of carboxylic acid groups (broad SMARTS) is 1. The second kappa shape index (κ2) is 13.6. The van der Waals surface area contributed by atoms with Crippen molar-refractivity contribution < 1.29 is 29.0 Å². The fraction of sp³-hybridized carbons (Fsp3) is 0.529. The van der Waals surface area contributed by atoms with Crippen LogP contribution in [0.1, 0.15) is 74.8 Å². The van der Waals surface area contributed by atoms with E-state index in [9.17, 15) is 24.3 Å². The number of benzene rings is 2. The summed E-state index contributed by atoms with van der Waals surface area (Å²) in [5.41, 5.74) is 4.47. The van der Waals surface area contributed by atoms with Crippen LogP contribution in [0, 0.1) is 5.92 Å². The van der Waals surface area contributed by atoms with E-state index in [1.54, 1.807) is 11.9 Å². The number of fused-ring (bicyclic) bond motifs is 3. The van der Waals surface area contributed by atoms with E-state index in [0.717, 1.165) is 73.6 Å². The van der Waals surface area contributed by atoms with Crippen molar-refractivity contribution >= 4 is 23.9 Å². The molecule has 2 fully saturated rings. The van der Waals surface area contributed by atoms with Gasteiger partial charge in [-0.25, -0.2) is 4.79 Å². The van der Waals surface area contributed by atoms with Crippen molar-refractivity contribution in [2.75, 3.05) is 33.8 Å². The molecule has 0 bridgehead atoms. The topological polar surface area (TPSA) is 107 Å². The molecule has 0 radical (unpaired) electrons. The van der Waals surface area contributed by atoms with Crippen molar-refractivity contribution in [2.24, 2.45) is 5.92 Å². The lowest BCUT2D eigenvalue weighted by Crippen LogP contribution is -2.58. The number of hydrogen-bond donors (Lipinski definition) is 1. The molecule has 2 aromatic rings. The number of hydrogen-bond acceptors (Lipinski definition) is 5. The number of likely N-dealkylation sites (N-methyl/N-ethyl adjacent to an activating group) is 2. The zero-order valence-corrected chi connectivity index (χ0v) is 25.2. The van der Waals surface area contributed by atoms with Crippen molar-refractivity contribution in [2.45, 2.75) is 75.8 Å². The van der Waals surface area contributed by atoms with Crippen molar-refractivity contribution in [3.8, 4) is 11.1 Å². The highest BCUT2D eigenvalue weighted by molar-refractivity contribution is 5.93. The Bertz CT molecular complexity index is 1290. The highest BCUT2D eigenvalue weighted by atomic mass is 16.6. The predicted octanol–water partition coefficient (Wildman–Crippen LogP) is 5.13. The third-order valence-corrected chi connectivity index (χ3v) is 9.53. The van der Waals surface area contributed by atoms with Crippen LogP contribution >= 0.6 is 0 Å². The summed E-state index contributed by atoms with van der Waals surface area (Å²) in [6, 6.07) is 14.3. The van der Waals surface area contributed by atoms with E-state index in [-0.39, 0.29) is 24.3 Å². The summed E-state index contributed by atoms with van der Waals surface area (Å²) >= 11 is 0. The molecule has 2 atom stereocenters. The Morgan fingerprint density at radius 3 is 1.98 bits per heavy atom. The first-order chi connectivity index (χ1) is 20.8. The van der Waals surface area contributed by atoms with Crippen molar-refractivity contribution in [1.82, 2.24) is 14.7 Å². The molecule has 3 amide bonds. The maximum absolute atomic E-state index is 14.2. The number of carboxylic acids is 1. The largest absolute Gasteiger partial charge is 0.481 e. The summed E-state index contributed by atoms with van der Waals surface area (Å²) in [5, 5.41) is 9.67. The van der Waals surface area contributed by atoms with Gasteiger partial charge >= 0.3 is 12.1 Å². The third-order valence-electron chi connectivity index (χ3n) is 9.53. The molecule has 9 heteroatoms. The second-order valence-corrected chi connectivity index (χ2v) is 12.2. The minimum atomic E-state index is -1.14. The monoisotopic (exact) mass is 589 g/mol. The first kappa shape index (κ1) is 30.6. The molecule has 1 aliphatic heterocycles. The van der Waals surface area contributed by atoms with E-state index in [0.29, 0.717) is 13.1 Å². The number of carbonyl (C=O) groups is 4. The molecule has 1 saturated heterocycles. The van der Waals surface area contributed by atoms with Crippen molar-refractivity contribution in [3.05, 3.63) is 59.7 Å². The fourth-order valence-electron chi connectivity index (χ4n) is 7.19. The van der Waals surface area contributed by atoms with Gasteiger partial charge in [0, 0.05) is 33.1 Å². The Hall–Kier alpha value is -3.88. The molecule has 1 heterocycles. The van der Waals surface area contributed by atoms with Crippen LogP contribution in [0.25, 0.3) is 11.1 Å². The zero-order chi connectivity index (χ0) is 30.5. The summed E-state index contributed by atoms with van der Waals surface area (Å²) in [7, 11) is 3.09. The number of carbonyl (C=O) groups excluding carboxylic acids is 3. The van der Waals surface area contributed by atoms with E-state index in [1.165, 1.54) is 16.8 Å². The van der Waals surface area contributed by atoms with E-state index in [2.05, 4.69) is 24.3 Å². The Morgan fingerprint density at radius 2 is 1.40 bits per heavy atom. The number of aliphatic carboxylic acids is 1. The normalized spacial score (nSPS) is 18.2. The summed E-state index contributed by atoms with van der Waals surface area (Å²) in [4.78, 5) is 57.5. The third kappa shape index (κ3) is 6.55. The number of piperidine rings is 1. The van der Waals surface area contributed by atoms with Gasteiger partial charge in [0.2, 0.25) is 11.8 Å². The molecule has 230 valence electrons. The lowest BCUT2D eigenvalue weighted by Gasteiger charge is -2.40. The number of likely N-dealkylation sites (tertiary alicyclic amines) is 1. The SMILES string of the molecule is CN(C(=O)C(C1CCCCC1)N(C)C(=O)OCC1c2ccccc2-c2ccccc21)C(CC(=O)O)C(=O)N1CCCCC1. The Morgan fingerprint density at radius 1 is 0.837 bits per heavy atom. The van der Waals surface area contributed by atoms with Gasteiger partial charge in [0.1, 0.15) is 18.7 Å². The molecular formula is C34H43N3O6. The van der Waals surface area contributed by atoms with Crippen LogP contribution in [0.4, 0.5) is 4.79 Å². The fourth-order valence-corrected chi connectivity index (χ4v) is 7.19. The minimum Gasteiger partial charge on any atom is -0.481 e. The molecule has 9 nitrogen and oxygen atoms in total. The van der Waals surface area contributed by atoms with Crippen LogP contribution in [0.5, 0.6) is 0 Å². The van der Waals surface area contributed by atoms with E-state index < -0.39 is 36.5 Å². The van der Waals surface area contributed by atoms with Gasteiger partial charge in [0.15, 0.2) is 0 Å². The van der Waals surface area contributed by atoms with Crippen LogP contribution in [0.15, 0.2) is 48.5 Å². The molecule has 43 heavy (non-hydrogen) atoms. The van der Waals surface area contributed by atoms with E-state index in [1.807, 2.05) is 24.3 Å². The summed E-state index contributed by atoms with van der Waals surface area (Å²) in [6.07, 6.45) is 6.17. The summed E-state index contributed by atoms with van der Waals surface area (Å²) < 4.78 is 5.92. The van der Waals surface area contributed by atoms with Gasteiger partial charge in [-0.15, -0.1) is 0 Å². The lowest BCUT2D eigenvalue weighted by atomic mass is 9.82. The average Bonchev–Trinajstić information content (AvgIpc) is 3.36. The number of nitrogens with zero attached hydrogens (tertiary/aromatic N) is 3. The Labute approximate surface area is 253 Å². The second-order valence-electron chi connectivity index (χ2n) is 12.2. The standard InChI is InChI=1S/C34H43N3O6/c1-35(29(21-30(38)39)32(40)37-19-11-4-12-20-37)33(41)31(23-13-5-3-6-14-23)36(2)34(42)43-22-28-26-17-9-7-15-24(26)25-16-8-10-18-27(25)28/h7-10,15-18,23,28-29,31H,3-6,11-14,19-22H2,1-2H3,(H,38,39). The Kier molecular flexibility index (Phi) is 9.68. The van der Waals surface area contributed by atoms with E-state index >= 15 is 0 Å². The molecule has 1 N–H and O–H groups in total. The molecular weight excluding hydrogens is 546 g/mol. The molecule has 1 saturated carbocycles. The minimum absolute atomic E-state index is 0.107. The zero-order valence-electron chi connectivity index (χ0n) is 25.2. The molecule has 2 unspecified atom stereocenters. The molecule has 3 aliphatic rings. The van der Waals surface area contributed by atoms with Gasteiger partial charge < -0.3 is 19.6 Å². The van der Waals surface area contributed by atoms with Gasteiger partial charge in [-0.05, 0) is 60.3 Å². The molecule has 0 spiro atoms. The maximum Gasteiger partial charge on any atom is 0.410 e. The first-order valence-corrected chi connectivity index (χ1v) is 15.6. The number of rotatable bonds is 9.